The number of hydrogen-bond acceptors (Lipinski definition) is 5. The van der Waals surface area contributed by atoms with Gasteiger partial charge in [-0.1, -0.05) is 45.0 Å². The van der Waals surface area contributed by atoms with Crippen LogP contribution in [0.5, 0.6) is 5.75 Å². The Morgan fingerprint density at radius 2 is 1.59 bits per heavy atom. The highest BCUT2D eigenvalue weighted by atomic mass is 32.2. The van der Waals surface area contributed by atoms with E-state index >= 15 is 0 Å². The molecule has 1 unspecified atom stereocenters. The molecule has 0 aliphatic carbocycles. The molecule has 10 heteroatoms. The number of halogens is 3. The second-order valence-corrected chi connectivity index (χ2v) is 11.4. The van der Waals surface area contributed by atoms with Crippen LogP contribution in [0.1, 0.15) is 68.1 Å². The lowest BCUT2D eigenvalue weighted by atomic mass is 9.82. The number of H-pyrrole nitrogens is 1. The van der Waals surface area contributed by atoms with Gasteiger partial charge >= 0.3 is 5.51 Å². The minimum absolute atomic E-state index is 0.0527. The monoisotopic (exact) mass is 533 g/mol. The third-order valence-electron chi connectivity index (χ3n) is 5.97. The van der Waals surface area contributed by atoms with Crippen molar-refractivity contribution in [1.29, 1.82) is 0 Å². The van der Waals surface area contributed by atoms with E-state index in [1.165, 1.54) is 12.1 Å². The first kappa shape index (κ1) is 28.3. The van der Waals surface area contributed by atoms with Crippen molar-refractivity contribution in [3.63, 3.8) is 0 Å². The number of carbonyl (C=O) groups is 1. The van der Waals surface area contributed by atoms with Gasteiger partial charge < -0.3 is 15.0 Å². The summed E-state index contributed by atoms with van der Waals surface area (Å²) in [5, 5.41) is 2.92. The van der Waals surface area contributed by atoms with Gasteiger partial charge in [0.25, 0.3) is 11.5 Å². The fraction of sp³-hybridized carbons (Fsp3) is 0.370. The van der Waals surface area contributed by atoms with Crippen LogP contribution in [-0.4, -0.2) is 28.5 Å². The van der Waals surface area contributed by atoms with Crippen LogP contribution in [0.4, 0.5) is 13.2 Å². The third-order valence-corrected chi connectivity index (χ3v) is 6.71. The number of carbonyl (C=O) groups excluding carboxylic acids is 1. The van der Waals surface area contributed by atoms with E-state index in [-0.39, 0.29) is 22.4 Å². The topological polar surface area (TPSA) is 84.1 Å². The molecule has 2 N–H and O–H groups in total. The molecule has 0 spiro atoms. The number of aromatic amines is 1. The molecule has 0 bridgehead atoms. The summed E-state index contributed by atoms with van der Waals surface area (Å²) in [7, 11) is 1.57. The lowest BCUT2D eigenvalue weighted by Crippen LogP contribution is -2.38. The smallest absolute Gasteiger partial charge is 0.446 e. The molecule has 0 fully saturated rings. The molecule has 3 aromatic rings. The van der Waals surface area contributed by atoms with Crippen LogP contribution in [-0.2, 0) is 5.41 Å². The molecule has 6 nitrogen and oxygen atoms in total. The molecular weight excluding hydrogens is 503 g/mol. The molecule has 198 valence electrons. The summed E-state index contributed by atoms with van der Waals surface area (Å²) < 4.78 is 43.3. The van der Waals surface area contributed by atoms with Gasteiger partial charge in [-0.25, -0.2) is 4.98 Å². The van der Waals surface area contributed by atoms with Crippen LogP contribution >= 0.6 is 11.8 Å². The highest BCUT2D eigenvalue weighted by molar-refractivity contribution is 8.00. The summed E-state index contributed by atoms with van der Waals surface area (Å²) in [5.41, 5.74) is -4.63. The summed E-state index contributed by atoms with van der Waals surface area (Å²) in [6.45, 7) is 9.47. The molecule has 1 aromatic heterocycles. The molecule has 0 saturated heterocycles. The maximum absolute atomic E-state index is 13.3. The summed E-state index contributed by atoms with van der Waals surface area (Å²) in [5.74, 6) is 0.440. The van der Waals surface area contributed by atoms with Gasteiger partial charge in [0, 0.05) is 16.4 Å². The lowest BCUT2D eigenvalue weighted by molar-refractivity contribution is -0.0328. The Morgan fingerprint density at radius 3 is 2.11 bits per heavy atom. The maximum atomic E-state index is 13.3. The van der Waals surface area contributed by atoms with Crippen molar-refractivity contribution in [1.82, 2.24) is 15.3 Å². The van der Waals surface area contributed by atoms with Gasteiger partial charge in [-0.15, -0.1) is 0 Å². The van der Waals surface area contributed by atoms with E-state index in [9.17, 15) is 22.8 Å². The van der Waals surface area contributed by atoms with Crippen molar-refractivity contribution >= 4 is 17.7 Å². The first-order chi connectivity index (χ1) is 17.1. The van der Waals surface area contributed by atoms with E-state index in [4.69, 9.17) is 4.74 Å². The number of aromatic nitrogens is 2. The van der Waals surface area contributed by atoms with Crippen molar-refractivity contribution in [3.8, 4) is 5.75 Å². The molecule has 0 aliphatic rings. The molecule has 37 heavy (non-hydrogen) atoms. The molecule has 3 rings (SSSR count). The number of hydrogen-bond donors (Lipinski definition) is 2. The zero-order valence-electron chi connectivity index (χ0n) is 21.5. The van der Waals surface area contributed by atoms with Crippen molar-refractivity contribution in [3.05, 3.63) is 87.6 Å². The Hall–Kier alpha value is -3.27. The van der Waals surface area contributed by atoms with E-state index in [1.807, 2.05) is 46.8 Å². The number of benzene rings is 2. The molecular formula is C27H30F3N3O3S. The van der Waals surface area contributed by atoms with E-state index in [0.717, 1.165) is 11.6 Å². The van der Waals surface area contributed by atoms with E-state index in [2.05, 4.69) is 15.3 Å². The molecule has 2 aromatic carbocycles. The van der Waals surface area contributed by atoms with Crippen LogP contribution in [0.2, 0.25) is 0 Å². The molecule has 0 aliphatic heterocycles. The average molecular weight is 534 g/mol. The van der Waals surface area contributed by atoms with Gasteiger partial charge in [-0.2, -0.15) is 13.2 Å². The van der Waals surface area contributed by atoms with Crippen LogP contribution in [0, 0.1) is 5.41 Å². The normalized spacial score (nSPS) is 13.2. The Kier molecular flexibility index (Phi) is 8.12. The van der Waals surface area contributed by atoms with Gasteiger partial charge in [0.15, 0.2) is 0 Å². The van der Waals surface area contributed by atoms with E-state index in [0.29, 0.717) is 17.1 Å². The SMILES string of the molecule is COc1ccc(C(C)(C)c2nc(C(=O)NC(c3ccc(SC(F)(F)F)cc3)C(C)(C)C)cc(=O)[nH]2)cc1. The first-order valence-corrected chi connectivity index (χ1v) is 12.3. The van der Waals surface area contributed by atoms with Crippen LogP contribution in [0.3, 0.4) is 0 Å². The summed E-state index contributed by atoms with van der Waals surface area (Å²) in [6, 6.07) is 13.8. The number of nitrogens with one attached hydrogen (secondary N) is 2. The fourth-order valence-corrected chi connectivity index (χ4v) is 4.42. The molecule has 1 amide bonds. The van der Waals surface area contributed by atoms with Gasteiger partial charge in [0.2, 0.25) is 0 Å². The number of methoxy groups -OCH3 is 1. The maximum Gasteiger partial charge on any atom is 0.446 e. The fourth-order valence-electron chi connectivity index (χ4n) is 3.88. The highest BCUT2D eigenvalue weighted by Crippen LogP contribution is 2.39. The molecule has 1 atom stereocenters. The zero-order chi connectivity index (χ0) is 27.6. The molecule has 0 saturated carbocycles. The number of nitrogens with zero attached hydrogens (tertiary/aromatic N) is 1. The van der Waals surface area contributed by atoms with Crippen LogP contribution < -0.4 is 15.6 Å². The van der Waals surface area contributed by atoms with Gasteiger partial charge in [0.05, 0.1) is 13.2 Å². The minimum Gasteiger partial charge on any atom is -0.497 e. The first-order valence-electron chi connectivity index (χ1n) is 11.5. The largest absolute Gasteiger partial charge is 0.497 e. The standard InChI is InChI=1S/C27H30F3N3O3S/c1-25(2,3)22(16-7-13-19(14-8-16)37-27(28,29)30)33-23(35)20-15-21(34)32-24(31-20)26(4,5)17-9-11-18(36-6)12-10-17/h7-15,22H,1-6H3,(H,33,35)(H,31,32,34). The quantitative estimate of drug-likeness (QED) is 0.352. The number of alkyl halides is 3. The predicted molar refractivity (Wildman–Crippen MR) is 138 cm³/mol. The van der Waals surface area contributed by atoms with E-state index < -0.39 is 33.8 Å². The Morgan fingerprint density at radius 1 is 1.00 bits per heavy atom. The van der Waals surface area contributed by atoms with Crippen molar-refractivity contribution < 1.29 is 22.7 Å². The summed E-state index contributed by atoms with van der Waals surface area (Å²) in [4.78, 5) is 33.1. The molecule has 1 heterocycles. The van der Waals surface area contributed by atoms with Gasteiger partial charge in [-0.05, 0) is 66.4 Å². The average Bonchev–Trinajstić information content (AvgIpc) is 2.81. The second-order valence-electron chi connectivity index (χ2n) is 10.2. The van der Waals surface area contributed by atoms with Crippen LogP contribution in [0.15, 0.2) is 64.3 Å². The molecule has 0 radical (unpaired) electrons. The van der Waals surface area contributed by atoms with Crippen molar-refractivity contribution in [2.45, 2.75) is 56.5 Å². The predicted octanol–water partition coefficient (Wildman–Crippen LogP) is 6.23. The lowest BCUT2D eigenvalue weighted by Gasteiger charge is -2.32. The number of ether oxygens (including phenoxy) is 1. The Balaban J connectivity index is 1.91. The van der Waals surface area contributed by atoms with Crippen molar-refractivity contribution in [2.24, 2.45) is 5.41 Å². The zero-order valence-corrected chi connectivity index (χ0v) is 22.3. The van der Waals surface area contributed by atoms with Crippen molar-refractivity contribution in [2.75, 3.05) is 7.11 Å². The second kappa shape index (κ2) is 10.6. The Bertz CT molecular complexity index is 1300. The van der Waals surface area contributed by atoms with Gasteiger partial charge in [-0.3, -0.25) is 9.59 Å². The number of thioether (sulfide) groups is 1. The van der Waals surface area contributed by atoms with Gasteiger partial charge in [0.1, 0.15) is 17.3 Å². The highest BCUT2D eigenvalue weighted by Gasteiger charge is 2.32. The number of amides is 1. The number of rotatable bonds is 7. The Labute approximate surface area is 218 Å². The summed E-state index contributed by atoms with van der Waals surface area (Å²) in [6.07, 6.45) is 0. The van der Waals surface area contributed by atoms with E-state index in [1.54, 1.807) is 31.4 Å². The third kappa shape index (κ3) is 7.15. The summed E-state index contributed by atoms with van der Waals surface area (Å²) >= 11 is -0.198. The minimum atomic E-state index is -4.39. The van der Waals surface area contributed by atoms with Crippen LogP contribution in [0.25, 0.3) is 0 Å².